The van der Waals surface area contributed by atoms with Crippen molar-refractivity contribution in [3.63, 3.8) is 0 Å². The van der Waals surface area contributed by atoms with Crippen molar-refractivity contribution in [2.45, 2.75) is 0 Å². The van der Waals surface area contributed by atoms with E-state index in [1.165, 1.54) is 30.5 Å². The zero-order valence-corrected chi connectivity index (χ0v) is 15.2. The van der Waals surface area contributed by atoms with Crippen LogP contribution < -0.4 is 0 Å². The summed E-state index contributed by atoms with van der Waals surface area (Å²) in [6.45, 7) is 0. The minimum Gasteiger partial charge on any atom is -0.241 e. The van der Waals surface area contributed by atoms with Crippen LogP contribution in [0.15, 0.2) is 42.6 Å². The van der Waals surface area contributed by atoms with Gasteiger partial charge >= 0.3 is 0 Å². The standard InChI is InChI=1S/C19H7Cl2F4N3/c20-16-15(14-11(24)5-10(23)6-12(14)25)18(21)28-19-17(16)27-13(7-26-19)8-1-3-9(22)4-2-8/h1-7H. The molecule has 2 heterocycles. The second-order valence-electron chi connectivity index (χ2n) is 5.77. The molecule has 9 heteroatoms. The van der Waals surface area contributed by atoms with Gasteiger partial charge in [0.15, 0.2) is 5.65 Å². The molecule has 0 spiro atoms. The summed E-state index contributed by atoms with van der Waals surface area (Å²) in [6, 6.07) is 6.49. The molecule has 0 saturated carbocycles. The summed E-state index contributed by atoms with van der Waals surface area (Å²) >= 11 is 12.4. The summed E-state index contributed by atoms with van der Waals surface area (Å²) in [6.07, 6.45) is 1.38. The molecule has 4 aromatic rings. The van der Waals surface area contributed by atoms with Crippen LogP contribution in [0.2, 0.25) is 10.2 Å². The van der Waals surface area contributed by atoms with Gasteiger partial charge in [0.25, 0.3) is 0 Å². The molecule has 3 nitrogen and oxygen atoms in total. The molecule has 0 N–H and O–H groups in total. The molecule has 28 heavy (non-hydrogen) atoms. The van der Waals surface area contributed by atoms with Gasteiger partial charge in [-0.2, -0.15) is 0 Å². The van der Waals surface area contributed by atoms with E-state index in [0.29, 0.717) is 23.4 Å². The third kappa shape index (κ3) is 3.16. The molecular weight excluding hydrogens is 417 g/mol. The predicted octanol–water partition coefficient (Wildman–Crippen LogP) is 6.22. The van der Waals surface area contributed by atoms with Crippen molar-refractivity contribution in [2.24, 2.45) is 0 Å². The molecule has 140 valence electrons. The van der Waals surface area contributed by atoms with Crippen LogP contribution >= 0.6 is 23.2 Å². The Morgan fingerprint density at radius 2 is 1.39 bits per heavy atom. The van der Waals surface area contributed by atoms with Gasteiger partial charge in [-0.25, -0.2) is 32.5 Å². The molecule has 0 unspecified atom stereocenters. The van der Waals surface area contributed by atoms with Gasteiger partial charge in [-0.3, -0.25) is 0 Å². The van der Waals surface area contributed by atoms with E-state index in [9.17, 15) is 17.6 Å². The Balaban J connectivity index is 1.98. The van der Waals surface area contributed by atoms with Gasteiger partial charge in [0.1, 0.15) is 33.9 Å². The Labute approximate surface area is 165 Å². The summed E-state index contributed by atoms with van der Waals surface area (Å²) in [5, 5.41) is -0.512. The third-order valence-electron chi connectivity index (χ3n) is 3.99. The van der Waals surface area contributed by atoms with Crippen molar-refractivity contribution in [2.75, 3.05) is 0 Å². The number of fused-ring (bicyclic) bond motifs is 1. The first-order valence-electron chi connectivity index (χ1n) is 7.77. The van der Waals surface area contributed by atoms with Crippen LogP contribution in [-0.4, -0.2) is 15.0 Å². The Hall–Kier alpha value is -2.77. The summed E-state index contributed by atoms with van der Waals surface area (Å²) in [7, 11) is 0. The molecular formula is C19H7Cl2F4N3. The zero-order chi connectivity index (χ0) is 20.0. The minimum absolute atomic E-state index is 0.0333. The fourth-order valence-corrected chi connectivity index (χ4v) is 3.35. The van der Waals surface area contributed by atoms with Crippen LogP contribution in [0.4, 0.5) is 17.6 Å². The van der Waals surface area contributed by atoms with Crippen molar-refractivity contribution >= 4 is 34.4 Å². The smallest absolute Gasteiger partial charge is 0.181 e. The molecule has 0 aliphatic heterocycles. The zero-order valence-electron chi connectivity index (χ0n) is 13.7. The lowest BCUT2D eigenvalue weighted by Crippen LogP contribution is -1.99. The summed E-state index contributed by atoms with van der Waals surface area (Å²) in [4.78, 5) is 12.4. The van der Waals surface area contributed by atoms with Crippen molar-refractivity contribution < 1.29 is 17.6 Å². The van der Waals surface area contributed by atoms with Gasteiger partial charge in [0, 0.05) is 23.3 Å². The van der Waals surface area contributed by atoms with Gasteiger partial charge in [-0.1, -0.05) is 23.2 Å². The number of benzene rings is 2. The van der Waals surface area contributed by atoms with Crippen LogP contribution in [0.25, 0.3) is 33.5 Å². The molecule has 0 bridgehead atoms. The number of rotatable bonds is 2. The van der Waals surface area contributed by atoms with E-state index in [1.807, 2.05) is 0 Å². The van der Waals surface area contributed by atoms with Crippen LogP contribution in [0, 0.1) is 23.3 Å². The van der Waals surface area contributed by atoms with Gasteiger partial charge in [-0.15, -0.1) is 0 Å². The largest absolute Gasteiger partial charge is 0.241 e. The van der Waals surface area contributed by atoms with Crippen molar-refractivity contribution in [1.29, 1.82) is 0 Å². The Bertz CT molecular complexity index is 1210. The van der Waals surface area contributed by atoms with Crippen LogP contribution in [0.1, 0.15) is 0 Å². The van der Waals surface area contributed by atoms with Gasteiger partial charge in [-0.05, 0) is 24.3 Å². The highest BCUT2D eigenvalue weighted by molar-refractivity contribution is 6.41. The van der Waals surface area contributed by atoms with E-state index >= 15 is 0 Å². The quantitative estimate of drug-likeness (QED) is 0.283. The molecule has 4 rings (SSSR count). The first-order valence-corrected chi connectivity index (χ1v) is 8.53. The lowest BCUT2D eigenvalue weighted by molar-refractivity contribution is 0.548. The lowest BCUT2D eigenvalue weighted by atomic mass is 10.1. The highest BCUT2D eigenvalue weighted by atomic mass is 35.5. The molecule has 0 aliphatic carbocycles. The Morgan fingerprint density at radius 3 is 2.04 bits per heavy atom. The van der Waals surface area contributed by atoms with Crippen LogP contribution in [0.3, 0.4) is 0 Å². The average molecular weight is 424 g/mol. The fourth-order valence-electron chi connectivity index (χ4n) is 2.72. The highest BCUT2D eigenvalue weighted by Gasteiger charge is 2.23. The van der Waals surface area contributed by atoms with Gasteiger partial charge < -0.3 is 0 Å². The van der Waals surface area contributed by atoms with Crippen molar-refractivity contribution in [3.8, 4) is 22.4 Å². The molecule has 0 atom stereocenters. The Morgan fingerprint density at radius 1 is 0.750 bits per heavy atom. The van der Waals surface area contributed by atoms with Gasteiger partial charge in [0.2, 0.25) is 0 Å². The number of pyridine rings is 1. The third-order valence-corrected chi connectivity index (χ3v) is 4.63. The molecule has 0 radical (unpaired) electrons. The second kappa shape index (κ2) is 7.00. The number of hydrogen-bond donors (Lipinski definition) is 0. The van der Waals surface area contributed by atoms with Crippen LogP contribution in [-0.2, 0) is 0 Å². The van der Waals surface area contributed by atoms with Crippen molar-refractivity contribution in [1.82, 2.24) is 15.0 Å². The highest BCUT2D eigenvalue weighted by Crippen LogP contribution is 2.40. The molecule has 0 fully saturated rings. The molecule has 0 saturated heterocycles. The molecule has 0 aliphatic rings. The predicted molar refractivity (Wildman–Crippen MR) is 98.1 cm³/mol. The minimum atomic E-state index is -1.19. The van der Waals surface area contributed by atoms with E-state index in [0.717, 1.165) is 0 Å². The first kappa shape index (κ1) is 18.6. The maximum absolute atomic E-state index is 14.2. The number of nitrogens with zero attached hydrogens (tertiary/aromatic N) is 3. The van der Waals surface area contributed by atoms with Gasteiger partial charge in [0.05, 0.1) is 22.5 Å². The first-order chi connectivity index (χ1) is 13.3. The molecule has 2 aromatic heterocycles. The second-order valence-corrected chi connectivity index (χ2v) is 6.51. The summed E-state index contributed by atoms with van der Waals surface area (Å²) in [5.74, 6) is -3.89. The lowest BCUT2D eigenvalue weighted by Gasteiger charge is -2.12. The van der Waals surface area contributed by atoms with Crippen molar-refractivity contribution in [3.05, 3.63) is 76.0 Å². The fraction of sp³-hybridized carbons (Fsp3) is 0. The van der Waals surface area contributed by atoms with E-state index in [4.69, 9.17) is 23.2 Å². The van der Waals surface area contributed by atoms with E-state index in [1.54, 1.807) is 0 Å². The summed E-state index contributed by atoms with van der Waals surface area (Å²) in [5.41, 5.74) is 0.0711. The van der Waals surface area contributed by atoms with E-state index in [-0.39, 0.29) is 26.9 Å². The average Bonchev–Trinajstić information content (AvgIpc) is 2.64. The maximum Gasteiger partial charge on any atom is 0.181 e. The monoisotopic (exact) mass is 423 g/mol. The summed E-state index contributed by atoms with van der Waals surface area (Å²) < 4.78 is 54.9. The van der Waals surface area contributed by atoms with E-state index in [2.05, 4.69) is 15.0 Å². The number of hydrogen-bond acceptors (Lipinski definition) is 3. The van der Waals surface area contributed by atoms with Crippen LogP contribution in [0.5, 0.6) is 0 Å². The number of aromatic nitrogens is 3. The topological polar surface area (TPSA) is 38.7 Å². The number of halogens is 6. The molecule has 0 amide bonds. The molecule has 2 aromatic carbocycles. The SMILES string of the molecule is Fc1ccc(-c2cnc3nc(Cl)c(-c4c(F)cc(F)cc4F)c(Cl)c3n2)cc1. The Kier molecular flexibility index (Phi) is 4.64. The van der Waals surface area contributed by atoms with E-state index < -0.39 is 28.8 Å². The normalized spacial score (nSPS) is 11.2. The maximum atomic E-state index is 14.2.